The van der Waals surface area contributed by atoms with Gasteiger partial charge in [0.15, 0.2) is 16.7 Å². The summed E-state index contributed by atoms with van der Waals surface area (Å²) in [5.41, 5.74) is 2.92. The lowest BCUT2D eigenvalue weighted by Gasteiger charge is -2.47. The smallest absolute Gasteiger partial charge is 0.334 e. The Bertz CT molecular complexity index is 2320. The molecule has 292 valence electrons. The molecule has 16 heteroatoms. The number of allylic oxidation sites excluding steroid dienone is 1. The van der Waals surface area contributed by atoms with Crippen molar-refractivity contribution in [3.8, 4) is 22.6 Å². The van der Waals surface area contributed by atoms with Crippen LogP contribution in [0.1, 0.15) is 16.7 Å². The van der Waals surface area contributed by atoms with Crippen LogP contribution in [0.5, 0.6) is 11.5 Å². The Kier molecular flexibility index (Phi) is 10.6. The molecule has 1 saturated heterocycles. The highest BCUT2D eigenvalue weighted by Gasteiger charge is 2.60. The van der Waals surface area contributed by atoms with E-state index in [0.717, 1.165) is 22.3 Å². The molecular weight excluding hydrogens is 730 g/mol. The summed E-state index contributed by atoms with van der Waals surface area (Å²) in [4.78, 5) is 48.8. The number of aryl methyl sites for hydroxylation is 2. The first-order chi connectivity index (χ1) is 26.8. The number of hydroxylamine groups is 2. The molecule has 3 aromatic carbocycles. The van der Waals surface area contributed by atoms with Gasteiger partial charge in [0.1, 0.15) is 54.4 Å². The molecule has 0 spiro atoms. The van der Waals surface area contributed by atoms with E-state index in [0.29, 0.717) is 22.0 Å². The number of aliphatic carboxylic acids is 1. The van der Waals surface area contributed by atoms with Crippen molar-refractivity contribution in [1.82, 2.24) is 5.32 Å². The zero-order valence-corrected chi connectivity index (χ0v) is 30.5. The normalized spacial score (nSPS) is 24.9. The number of likely N-dealkylation sites (N-methyl/N-ethyl adjacent to an activating group) is 1. The summed E-state index contributed by atoms with van der Waals surface area (Å²) in [6.07, 6.45) is -2.00. The summed E-state index contributed by atoms with van der Waals surface area (Å²) >= 11 is 0. The maximum atomic E-state index is 13.5. The maximum Gasteiger partial charge on any atom is 0.334 e. The Hall–Kier alpha value is -5.72. The molecule has 0 aliphatic carbocycles. The van der Waals surface area contributed by atoms with Crippen LogP contribution in [0.2, 0.25) is 0 Å². The molecule has 16 nitrogen and oxygen atoms in total. The van der Waals surface area contributed by atoms with Crippen LogP contribution in [0.3, 0.4) is 0 Å². The number of nitrogens with zero attached hydrogens (tertiary/aromatic N) is 1. The molecule has 0 amide bonds. The molecule has 7 rings (SSSR count). The Morgan fingerprint density at radius 3 is 2.48 bits per heavy atom. The van der Waals surface area contributed by atoms with Crippen molar-refractivity contribution in [3.63, 3.8) is 0 Å². The molecule has 1 fully saturated rings. The van der Waals surface area contributed by atoms with Gasteiger partial charge in [-0.25, -0.2) is 14.6 Å². The third-order valence-corrected chi connectivity index (χ3v) is 9.93. The highest BCUT2D eigenvalue weighted by molar-refractivity contribution is 5.98. The quantitative estimate of drug-likeness (QED) is 0.0780. The molecule has 7 N–H and O–H groups in total. The van der Waals surface area contributed by atoms with Gasteiger partial charge in [-0.1, -0.05) is 29.3 Å². The number of carbonyl (C=O) groups is 2. The number of nitrogens with one attached hydrogen (secondary N) is 2. The molecule has 0 saturated carbocycles. The minimum atomic E-state index is -2.52. The minimum Gasteiger partial charge on any atom is -0.508 e. The molecule has 3 aliphatic rings. The highest BCUT2D eigenvalue weighted by atomic mass is 16.8. The number of hydrogen-bond acceptors (Lipinski definition) is 14. The van der Waals surface area contributed by atoms with Gasteiger partial charge in [0.05, 0.1) is 17.6 Å². The summed E-state index contributed by atoms with van der Waals surface area (Å²) in [5.74, 6) is -2.59. The number of phenolic OH excluding ortho intramolecular Hbond substituents is 1. The van der Waals surface area contributed by atoms with Crippen LogP contribution in [0, 0.1) is 13.8 Å². The predicted octanol–water partition coefficient (Wildman–Crippen LogP) is 0.765. The number of phenols is 1. The Morgan fingerprint density at radius 2 is 1.80 bits per heavy atom. The Morgan fingerprint density at radius 1 is 1.07 bits per heavy atom. The van der Waals surface area contributed by atoms with Gasteiger partial charge < -0.3 is 44.2 Å². The molecule has 4 heterocycles. The fourth-order valence-corrected chi connectivity index (χ4v) is 7.15. The lowest BCUT2D eigenvalue weighted by atomic mass is 9.84. The first-order valence-corrected chi connectivity index (χ1v) is 17.7. The van der Waals surface area contributed by atoms with Crippen LogP contribution in [0.25, 0.3) is 27.8 Å². The van der Waals surface area contributed by atoms with E-state index in [1.807, 2.05) is 38.1 Å². The van der Waals surface area contributed by atoms with Crippen LogP contribution in [0.4, 0.5) is 0 Å². The fraction of sp³-hybridized carbons (Fsp3) is 0.300. The van der Waals surface area contributed by atoms with Gasteiger partial charge >= 0.3 is 11.9 Å². The van der Waals surface area contributed by atoms with Crippen LogP contribution >= 0.6 is 0 Å². The van der Waals surface area contributed by atoms with Gasteiger partial charge in [0, 0.05) is 23.4 Å². The lowest BCUT2D eigenvalue weighted by molar-refractivity contribution is -1.04. The van der Waals surface area contributed by atoms with E-state index in [2.05, 4.69) is 10.3 Å². The largest absolute Gasteiger partial charge is 0.508 e. The van der Waals surface area contributed by atoms with Gasteiger partial charge in [-0.3, -0.25) is 10.1 Å². The molecule has 0 bridgehead atoms. The number of aliphatic hydroxyl groups is 3. The SMILES string of the molecule is CNC(C(=O)O)C(=O)OCC1OC(Oc2ccc3c(=O)c(-c4ccc(O)cc4)coc3c2)C(O[NH+]2CC3=CC=NC3=C2c2cc(C)cc(C)c2)C(O)(CO)C1O. The number of rotatable bonds is 12. The highest BCUT2D eigenvalue weighted by Crippen LogP contribution is 2.36. The molecule has 1 aromatic heterocycles. The number of aliphatic hydroxyl groups excluding tert-OH is 2. The van der Waals surface area contributed by atoms with Crippen molar-refractivity contribution in [3.05, 3.63) is 111 Å². The monoisotopic (exact) mass is 770 g/mol. The summed E-state index contributed by atoms with van der Waals surface area (Å²) in [7, 11) is 1.25. The van der Waals surface area contributed by atoms with Gasteiger partial charge in [-0.05, 0) is 68.9 Å². The zero-order chi connectivity index (χ0) is 39.9. The van der Waals surface area contributed by atoms with Gasteiger partial charge in [-0.15, -0.1) is 0 Å². The second-order valence-electron chi connectivity index (χ2n) is 13.8. The van der Waals surface area contributed by atoms with Crippen LogP contribution in [0.15, 0.2) is 98.5 Å². The number of hydrogen-bond donors (Lipinski definition) is 7. The molecule has 7 unspecified atom stereocenters. The molecule has 7 atom stereocenters. The van der Waals surface area contributed by atoms with E-state index in [4.69, 9.17) is 23.5 Å². The molecule has 56 heavy (non-hydrogen) atoms. The van der Waals surface area contributed by atoms with E-state index in [1.54, 1.807) is 18.3 Å². The topological polar surface area (TPSA) is 231 Å². The summed E-state index contributed by atoms with van der Waals surface area (Å²) in [6.45, 7) is 2.33. The van der Waals surface area contributed by atoms with Crippen molar-refractivity contribution in [2.75, 3.05) is 26.8 Å². The number of quaternary nitrogens is 1. The van der Waals surface area contributed by atoms with E-state index in [-0.39, 0.29) is 40.0 Å². The number of carboxylic acids is 1. The van der Waals surface area contributed by atoms with Crippen LogP contribution < -0.4 is 20.5 Å². The third kappa shape index (κ3) is 7.22. The number of aliphatic imine (C=N–C) groups is 1. The van der Waals surface area contributed by atoms with E-state index < -0.39 is 61.4 Å². The van der Waals surface area contributed by atoms with Crippen molar-refractivity contribution in [2.24, 2.45) is 4.99 Å². The predicted molar refractivity (Wildman–Crippen MR) is 198 cm³/mol. The second-order valence-corrected chi connectivity index (χ2v) is 13.8. The molecule has 4 aromatic rings. The maximum absolute atomic E-state index is 13.5. The van der Waals surface area contributed by atoms with E-state index >= 15 is 0 Å². The molecular formula is C40H40N3O13+. The zero-order valence-electron chi connectivity index (χ0n) is 30.5. The Labute approximate surface area is 319 Å². The number of ether oxygens (including phenoxy) is 3. The van der Waals surface area contributed by atoms with Crippen molar-refractivity contribution < 1.29 is 63.7 Å². The average molecular weight is 771 g/mol. The average Bonchev–Trinajstić information content (AvgIpc) is 3.75. The van der Waals surface area contributed by atoms with Crippen LogP contribution in [-0.4, -0.2) is 107 Å². The number of carbonyl (C=O) groups excluding carboxylic acids is 1. The third-order valence-electron chi connectivity index (χ3n) is 9.93. The number of benzene rings is 3. The standard InChI is InChI=1S/C40H39N3O13/c1-20-12-21(2)14-24(13-20)33-31-23(10-11-42-31)16-43(33)56-36-39(55-30(35(47)40(36,51)19-44)18-53-38(50)32(41-3)37(48)49)54-26-8-9-27-29(15-26)52-17-28(34(27)46)22-4-6-25(45)7-5-22/h4-15,17,30,32,35-36,39,41,44-45,47,51H,16,18-19H2,1-3H3,(H,48,49)/p+1. The number of fused-ring (bicyclic) bond motifs is 2. The van der Waals surface area contributed by atoms with Crippen molar-refractivity contribution >= 4 is 34.8 Å². The van der Waals surface area contributed by atoms with Crippen molar-refractivity contribution in [1.29, 1.82) is 0 Å². The number of carboxylic acid groups (broad SMARTS) is 1. The summed E-state index contributed by atoms with van der Waals surface area (Å²) in [5, 5.41) is 56.4. The number of esters is 1. The van der Waals surface area contributed by atoms with Gasteiger partial charge in [-0.2, -0.15) is 9.90 Å². The minimum absolute atomic E-state index is 0.0364. The Balaban J connectivity index is 1.24. The van der Waals surface area contributed by atoms with Gasteiger partial charge in [0.2, 0.25) is 18.4 Å². The van der Waals surface area contributed by atoms with E-state index in [9.17, 15) is 39.9 Å². The van der Waals surface area contributed by atoms with E-state index in [1.165, 1.54) is 43.6 Å². The first kappa shape index (κ1) is 38.6. The van der Waals surface area contributed by atoms with Gasteiger partial charge in [0.25, 0.3) is 0 Å². The molecule has 3 aliphatic heterocycles. The summed E-state index contributed by atoms with van der Waals surface area (Å²) < 4.78 is 23.4. The summed E-state index contributed by atoms with van der Waals surface area (Å²) in [6, 6.07) is 14.6. The number of aromatic hydroxyl groups is 1. The first-order valence-electron chi connectivity index (χ1n) is 17.7. The second kappa shape index (κ2) is 15.4. The van der Waals surface area contributed by atoms with Crippen molar-refractivity contribution in [2.45, 2.75) is 50.1 Å². The van der Waals surface area contributed by atoms with Crippen LogP contribution in [-0.2, 0) is 23.9 Å². The fourth-order valence-electron chi connectivity index (χ4n) is 7.15. The lowest BCUT2D eigenvalue weighted by Crippen LogP contribution is -3.09. The molecule has 0 radical (unpaired) electrons.